The fourth-order valence-corrected chi connectivity index (χ4v) is 5.11. The number of benzene rings is 2. The number of fused-ring (bicyclic) bond motifs is 1. The number of hydrogen-bond acceptors (Lipinski definition) is 3. The highest BCUT2D eigenvalue weighted by molar-refractivity contribution is 9.10. The maximum Gasteiger partial charge on any atom is 0.410 e. The number of quaternary nitrogens is 1. The van der Waals surface area contributed by atoms with E-state index in [1.165, 1.54) is 16.5 Å². The molecule has 35 heavy (non-hydrogen) atoms. The quantitative estimate of drug-likeness (QED) is 0.520. The molecule has 6 nitrogen and oxygen atoms in total. The lowest BCUT2D eigenvalue weighted by Gasteiger charge is -2.33. The highest BCUT2D eigenvalue weighted by Crippen LogP contribution is 2.43. The van der Waals surface area contributed by atoms with Crippen molar-refractivity contribution in [3.8, 4) is 0 Å². The number of amides is 1. The molecule has 2 N–H and O–H groups in total. The molecule has 1 saturated heterocycles. The summed E-state index contributed by atoms with van der Waals surface area (Å²) < 4.78 is 43.7. The molecule has 0 spiro atoms. The maximum atomic E-state index is 14.0. The summed E-state index contributed by atoms with van der Waals surface area (Å²) >= 11 is 3.36. The molecule has 2 unspecified atom stereocenters. The summed E-state index contributed by atoms with van der Waals surface area (Å²) in [7, 11) is 0. The second kappa shape index (κ2) is 9.66. The minimum atomic E-state index is -4.48. The van der Waals surface area contributed by atoms with Crippen LogP contribution in [-0.2, 0) is 6.54 Å². The first kappa shape index (κ1) is 23.9. The molecule has 0 radical (unpaired) electrons. The third-order valence-corrected chi connectivity index (χ3v) is 7.26. The first-order chi connectivity index (χ1) is 16.8. The molecule has 3 aromatic rings. The van der Waals surface area contributed by atoms with E-state index in [0.29, 0.717) is 13.1 Å². The topological polar surface area (TPSA) is 54.6 Å². The Morgan fingerprint density at radius 2 is 1.77 bits per heavy atom. The van der Waals surface area contributed by atoms with Gasteiger partial charge in [0.05, 0.1) is 32.2 Å². The van der Waals surface area contributed by atoms with Crippen molar-refractivity contribution in [2.75, 3.05) is 31.5 Å². The highest BCUT2D eigenvalue weighted by Gasteiger charge is 2.47. The van der Waals surface area contributed by atoms with Crippen LogP contribution in [0.25, 0.3) is 0 Å². The second-order valence-electron chi connectivity index (χ2n) is 9.11. The molecule has 3 heterocycles. The van der Waals surface area contributed by atoms with Gasteiger partial charge >= 0.3 is 6.18 Å². The van der Waals surface area contributed by atoms with Crippen LogP contribution in [0.3, 0.4) is 0 Å². The van der Waals surface area contributed by atoms with E-state index >= 15 is 0 Å². The van der Waals surface area contributed by atoms with E-state index in [2.05, 4.69) is 38.5 Å². The van der Waals surface area contributed by atoms with Crippen molar-refractivity contribution in [3.63, 3.8) is 0 Å². The van der Waals surface area contributed by atoms with Gasteiger partial charge in [0.1, 0.15) is 12.4 Å². The zero-order chi connectivity index (χ0) is 24.6. The lowest BCUT2D eigenvalue weighted by atomic mass is 9.97. The number of hydrogen-bond donors (Lipinski definition) is 2. The Morgan fingerprint density at radius 3 is 2.43 bits per heavy atom. The normalized spacial score (nSPS) is 20.9. The van der Waals surface area contributed by atoms with Crippen molar-refractivity contribution < 1.29 is 22.9 Å². The van der Waals surface area contributed by atoms with Crippen LogP contribution < -0.4 is 10.2 Å². The molecule has 184 valence electrons. The number of anilines is 1. The van der Waals surface area contributed by atoms with Crippen LogP contribution in [-0.4, -0.2) is 52.9 Å². The maximum absolute atomic E-state index is 14.0. The van der Waals surface area contributed by atoms with Crippen LogP contribution in [0.1, 0.15) is 40.1 Å². The fourth-order valence-electron chi connectivity index (χ4n) is 4.84. The number of carbonyl (C=O) groups is 1. The number of alkyl halides is 3. The molecule has 0 bridgehead atoms. The molecule has 1 amide bonds. The summed E-state index contributed by atoms with van der Waals surface area (Å²) in [5.74, 6) is -0.114. The van der Waals surface area contributed by atoms with Gasteiger partial charge in [-0.3, -0.25) is 4.79 Å². The summed E-state index contributed by atoms with van der Waals surface area (Å²) in [4.78, 5) is 16.2. The number of halogens is 4. The molecule has 2 aromatic carbocycles. The summed E-state index contributed by atoms with van der Waals surface area (Å²) in [6, 6.07) is 16.5. The molecular formula is C25H26BrF3N5O+. The zero-order valence-corrected chi connectivity index (χ0v) is 20.5. The van der Waals surface area contributed by atoms with Crippen molar-refractivity contribution >= 4 is 27.7 Å². The van der Waals surface area contributed by atoms with Gasteiger partial charge in [-0.15, -0.1) is 0 Å². The van der Waals surface area contributed by atoms with E-state index in [1.54, 1.807) is 29.2 Å². The average molecular weight is 549 g/mol. The van der Waals surface area contributed by atoms with Crippen molar-refractivity contribution in [2.45, 2.75) is 31.2 Å². The lowest BCUT2D eigenvalue weighted by Crippen LogP contribution is -3.13. The van der Waals surface area contributed by atoms with Gasteiger partial charge in [-0.2, -0.15) is 18.3 Å². The molecule has 0 saturated carbocycles. The SMILES string of the molecule is O=C(c1cc2n(n1)C(C(F)(F)F)CC(c1ccc(Br)cc1)N2)N1CC[NH+](Cc2ccccc2)CC1. The van der Waals surface area contributed by atoms with Gasteiger partial charge in [-0.05, 0) is 17.7 Å². The van der Waals surface area contributed by atoms with Gasteiger partial charge < -0.3 is 15.1 Å². The van der Waals surface area contributed by atoms with E-state index in [-0.39, 0.29) is 23.8 Å². The number of carbonyl (C=O) groups excluding carboxylic acids is 1. The lowest BCUT2D eigenvalue weighted by molar-refractivity contribution is -0.917. The third-order valence-electron chi connectivity index (χ3n) is 6.74. The number of rotatable bonds is 4. The predicted molar refractivity (Wildman–Crippen MR) is 129 cm³/mol. The molecule has 2 atom stereocenters. The number of piperazine rings is 1. The van der Waals surface area contributed by atoms with Gasteiger partial charge in [0.25, 0.3) is 5.91 Å². The van der Waals surface area contributed by atoms with E-state index in [1.807, 2.05) is 18.2 Å². The molecule has 0 aliphatic carbocycles. The standard InChI is InChI=1S/C25H25BrF3N5O/c26-19-8-6-18(7-9-19)20-14-22(25(27,28)29)34-23(30-20)15-21(31-34)24(35)33-12-10-32(11-13-33)16-17-4-2-1-3-5-17/h1-9,15,20,22,30H,10-14,16H2/p+1. The minimum Gasteiger partial charge on any atom is -0.363 e. The number of aromatic nitrogens is 2. The van der Waals surface area contributed by atoms with Crippen molar-refractivity contribution in [2.24, 2.45) is 0 Å². The van der Waals surface area contributed by atoms with Crippen LogP contribution in [0.5, 0.6) is 0 Å². The Hall–Kier alpha value is -2.85. The average Bonchev–Trinajstić information content (AvgIpc) is 3.28. The third kappa shape index (κ3) is 5.23. The summed E-state index contributed by atoms with van der Waals surface area (Å²) in [5, 5.41) is 7.29. The van der Waals surface area contributed by atoms with Gasteiger partial charge in [0, 0.05) is 22.5 Å². The van der Waals surface area contributed by atoms with E-state index in [4.69, 9.17) is 0 Å². The smallest absolute Gasteiger partial charge is 0.363 e. The molecule has 5 rings (SSSR count). The Balaban J connectivity index is 1.30. The molecular weight excluding hydrogens is 523 g/mol. The Kier molecular flexibility index (Phi) is 6.59. The molecule has 10 heteroatoms. The Bertz CT molecular complexity index is 1170. The van der Waals surface area contributed by atoms with Gasteiger partial charge in [0.2, 0.25) is 0 Å². The van der Waals surface area contributed by atoms with Crippen LogP contribution in [0.4, 0.5) is 19.0 Å². The van der Waals surface area contributed by atoms with Crippen molar-refractivity contribution in [1.82, 2.24) is 14.7 Å². The van der Waals surface area contributed by atoms with Gasteiger partial charge in [0.15, 0.2) is 11.7 Å². The minimum absolute atomic E-state index is 0.0460. The Morgan fingerprint density at radius 1 is 1.09 bits per heavy atom. The Labute approximate surface area is 209 Å². The zero-order valence-electron chi connectivity index (χ0n) is 18.9. The summed E-state index contributed by atoms with van der Waals surface area (Å²) in [6.07, 6.45) is -4.68. The molecule has 2 aliphatic heterocycles. The van der Waals surface area contributed by atoms with E-state index in [9.17, 15) is 18.0 Å². The largest absolute Gasteiger partial charge is 0.410 e. The summed E-state index contributed by atoms with van der Waals surface area (Å²) in [5.41, 5.74) is 2.04. The number of nitrogens with one attached hydrogen (secondary N) is 2. The molecule has 1 fully saturated rings. The highest BCUT2D eigenvalue weighted by atomic mass is 79.9. The molecule has 2 aliphatic rings. The monoisotopic (exact) mass is 548 g/mol. The molecule has 1 aromatic heterocycles. The van der Waals surface area contributed by atoms with Gasteiger partial charge in [-0.1, -0.05) is 58.4 Å². The van der Waals surface area contributed by atoms with Crippen LogP contribution in [0, 0.1) is 0 Å². The first-order valence-corrected chi connectivity index (χ1v) is 12.4. The van der Waals surface area contributed by atoms with Crippen LogP contribution >= 0.6 is 15.9 Å². The fraction of sp³-hybridized carbons (Fsp3) is 0.360. The number of nitrogens with zero attached hydrogens (tertiary/aromatic N) is 3. The van der Waals surface area contributed by atoms with Crippen LogP contribution in [0.15, 0.2) is 65.1 Å². The van der Waals surface area contributed by atoms with Crippen molar-refractivity contribution in [3.05, 3.63) is 82.0 Å². The second-order valence-corrected chi connectivity index (χ2v) is 10.0. The van der Waals surface area contributed by atoms with E-state index < -0.39 is 18.3 Å². The van der Waals surface area contributed by atoms with Crippen molar-refractivity contribution in [1.29, 1.82) is 0 Å². The van der Waals surface area contributed by atoms with Crippen LogP contribution in [0.2, 0.25) is 0 Å². The summed E-state index contributed by atoms with van der Waals surface area (Å²) in [6.45, 7) is 3.53. The van der Waals surface area contributed by atoms with E-state index in [0.717, 1.165) is 34.4 Å². The first-order valence-electron chi connectivity index (χ1n) is 11.6. The van der Waals surface area contributed by atoms with Gasteiger partial charge in [-0.25, -0.2) is 4.68 Å². The predicted octanol–water partition coefficient (Wildman–Crippen LogP) is 3.85.